The summed E-state index contributed by atoms with van der Waals surface area (Å²) in [6.07, 6.45) is 0.734. The molecule has 0 aliphatic carbocycles. The Morgan fingerprint density at radius 1 is 1.62 bits per heavy atom. The number of aromatic nitrogens is 1. The molecule has 0 bridgehead atoms. The number of pyridine rings is 1. The van der Waals surface area contributed by atoms with Gasteiger partial charge < -0.3 is 11.1 Å². The summed E-state index contributed by atoms with van der Waals surface area (Å²) in [7, 11) is 0. The molecule has 0 aromatic carbocycles. The SMILES string of the molecule is CCC(CN)C(=O)Nc1ccc(Br)c(C)n1. The first-order valence-corrected chi connectivity index (χ1v) is 6.01. The predicted molar refractivity (Wildman–Crippen MR) is 68.1 cm³/mol. The minimum Gasteiger partial charge on any atom is -0.330 e. The topological polar surface area (TPSA) is 68.0 Å². The molecular formula is C11H16BrN3O. The smallest absolute Gasteiger partial charge is 0.229 e. The minimum absolute atomic E-state index is 0.0702. The van der Waals surface area contributed by atoms with Gasteiger partial charge in [0.15, 0.2) is 0 Å². The summed E-state index contributed by atoms with van der Waals surface area (Å²) in [5.74, 6) is 0.350. The van der Waals surface area contributed by atoms with Gasteiger partial charge in [0, 0.05) is 11.0 Å². The van der Waals surface area contributed by atoms with Crippen molar-refractivity contribution >= 4 is 27.7 Å². The summed E-state index contributed by atoms with van der Waals surface area (Å²) < 4.78 is 0.927. The molecular weight excluding hydrogens is 270 g/mol. The van der Waals surface area contributed by atoms with Gasteiger partial charge in [0.1, 0.15) is 5.82 Å². The maximum Gasteiger partial charge on any atom is 0.229 e. The standard InChI is InChI=1S/C11H16BrN3O/c1-3-8(6-13)11(16)15-10-5-4-9(12)7(2)14-10/h4-5,8H,3,6,13H2,1-2H3,(H,14,15,16). The number of rotatable bonds is 4. The fourth-order valence-corrected chi connectivity index (χ4v) is 1.52. The van der Waals surface area contributed by atoms with E-state index in [-0.39, 0.29) is 11.8 Å². The second-order valence-electron chi connectivity index (χ2n) is 3.59. The molecule has 88 valence electrons. The molecule has 0 saturated heterocycles. The number of amides is 1. The van der Waals surface area contributed by atoms with Gasteiger partial charge >= 0.3 is 0 Å². The molecule has 1 aromatic rings. The van der Waals surface area contributed by atoms with E-state index in [1.807, 2.05) is 19.9 Å². The van der Waals surface area contributed by atoms with Gasteiger partial charge in [-0.15, -0.1) is 0 Å². The molecule has 1 rings (SSSR count). The molecule has 3 N–H and O–H groups in total. The van der Waals surface area contributed by atoms with Crippen molar-refractivity contribution in [3.05, 3.63) is 22.3 Å². The predicted octanol–water partition coefficient (Wildman–Crippen LogP) is 2.08. The lowest BCUT2D eigenvalue weighted by Crippen LogP contribution is -2.29. The van der Waals surface area contributed by atoms with Gasteiger partial charge in [-0.25, -0.2) is 4.98 Å². The second-order valence-corrected chi connectivity index (χ2v) is 4.45. The average molecular weight is 286 g/mol. The van der Waals surface area contributed by atoms with E-state index < -0.39 is 0 Å². The van der Waals surface area contributed by atoms with Crippen molar-refractivity contribution in [2.24, 2.45) is 11.7 Å². The van der Waals surface area contributed by atoms with Crippen LogP contribution < -0.4 is 11.1 Å². The average Bonchev–Trinajstić information content (AvgIpc) is 2.25. The van der Waals surface area contributed by atoms with E-state index in [0.29, 0.717) is 12.4 Å². The summed E-state index contributed by atoms with van der Waals surface area (Å²) in [4.78, 5) is 16.0. The molecule has 1 atom stereocenters. The van der Waals surface area contributed by atoms with Crippen LogP contribution in [0, 0.1) is 12.8 Å². The van der Waals surface area contributed by atoms with Crippen molar-refractivity contribution in [3.63, 3.8) is 0 Å². The number of hydrogen-bond acceptors (Lipinski definition) is 3. The van der Waals surface area contributed by atoms with Gasteiger partial charge in [-0.05, 0) is 41.4 Å². The lowest BCUT2D eigenvalue weighted by atomic mass is 10.1. The third-order valence-electron chi connectivity index (χ3n) is 2.42. The molecule has 0 radical (unpaired) electrons. The molecule has 5 heteroatoms. The number of nitrogens with zero attached hydrogens (tertiary/aromatic N) is 1. The summed E-state index contributed by atoms with van der Waals surface area (Å²) in [5.41, 5.74) is 6.35. The molecule has 0 fully saturated rings. The number of carbonyl (C=O) groups excluding carboxylic acids is 1. The van der Waals surface area contributed by atoms with Crippen LogP contribution in [-0.2, 0) is 4.79 Å². The number of halogens is 1. The van der Waals surface area contributed by atoms with Gasteiger partial charge in [0.05, 0.1) is 11.6 Å². The molecule has 1 aromatic heterocycles. The molecule has 1 amide bonds. The van der Waals surface area contributed by atoms with Crippen LogP contribution in [0.1, 0.15) is 19.0 Å². The van der Waals surface area contributed by atoms with Crippen molar-refractivity contribution in [3.8, 4) is 0 Å². The molecule has 0 aliphatic rings. The maximum atomic E-state index is 11.7. The summed E-state index contributed by atoms with van der Waals surface area (Å²) in [5, 5.41) is 2.76. The van der Waals surface area contributed by atoms with Crippen LogP contribution >= 0.6 is 15.9 Å². The molecule has 16 heavy (non-hydrogen) atoms. The Hall–Kier alpha value is -0.940. The zero-order valence-electron chi connectivity index (χ0n) is 9.46. The zero-order valence-corrected chi connectivity index (χ0v) is 11.0. The van der Waals surface area contributed by atoms with Crippen LogP contribution in [0.15, 0.2) is 16.6 Å². The van der Waals surface area contributed by atoms with Crippen molar-refractivity contribution in [1.29, 1.82) is 0 Å². The van der Waals surface area contributed by atoms with Crippen LogP contribution in [0.3, 0.4) is 0 Å². The van der Waals surface area contributed by atoms with Crippen LogP contribution in [-0.4, -0.2) is 17.4 Å². The number of nitrogens with two attached hydrogens (primary N) is 1. The van der Waals surface area contributed by atoms with Crippen molar-refractivity contribution in [2.45, 2.75) is 20.3 Å². The minimum atomic E-state index is -0.147. The fourth-order valence-electron chi connectivity index (χ4n) is 1.30. The molecule has 0 spiro atoms. The molecule has 1 unspecified atom stereocenters. The summed E-state index contributed by atoms with van der Waals surface area (Å²) in [6, 6.07) is 3.62. The molecule has 0 aliphatic heterocycles. The van der Waals surface area contributed by atoms with Crippen LogP contribution in [0.5, 0.6) is 0 Å². The van der Waals surface area contributed by atoms with E-state index in [4.69, 9.17) is 5.73 Å². The molecule has 0 saturated carbocycles. The van der Waals surface area contributed by atoms with Gasteiger partial charge in [-0.1, -0.05) is 6.92 Å². The van der Waals surface area contributed by atoms with E-state index in [2.05, 4.69) is 26.2 Å². The Kier molecular flexibility index (Phi) is 4.89. The normalized spacial score (nSPS) is 12.2. The van der Waals surface area contributed by atoms with E-state index in [0.717, 1.165) is 16.6 Å². The number of hydrogen-bond donors (Lipinski definition) is 2. The third-order valence-corrected chi connectivity index (χ3v) is 3.26. The highest BCUT2D eigenvalue weighted by Gasteiger charge is 2.14. The van der Waals surface area contributed by atoms with E-state index >= 15 is 0 Å². The van der Waals surface area contributed by atoms with Crippen LogP contribution in [0.4, 0.5) is 5.82 Å². The number of carbonyl (C=O) groups is 1. The lowest BCUT2D eigenvalue weighted by Gasteiger charge is -2.12. The van der Waals surface area contributed by atoms with Gasteiger partial charge in [0.25, 0.3) is 0 Å². The number of aryl methyl sites for hydroxylation is 1. The quantitative estimate of drug-likeness (QED) is 0.890. The highest BCUT2D eigenvalue weighted by molar-refractivity contribution is 9.10. The molecule has 1 heterocycles. The highest BCUT2D eigenvalue weighted by Crippen LogP contribution is 2.16. The monoisotopic (exact) mass is 285 g/mol. The number of anilines is 1. The molecule has 4 nitrogen and oxygen atoms in total. The summed E-state index contributed by atoms with van der Waals surface area (Å²) >= 11 is 3.36. The highest BCUT2D eigenvalue weighted by atomic mass is 79.9. The van der Waals surface area contributed by atoms with Gasteiger partial charge in [-0.3, -0.25) is 4.79 Å². The maximum absolute atomic E-state index is 11.7. The van der Waals surface area contributed by atoms with E-state index in [1.54, 1.807) is 6.07 Å². The largest absolute Gasteiger partial charge is 0.330 e. The van der Waals surface area contributed by atoms with Gasteiger partial charge in [0.2, 0.25) is 5.91 Å². The zero-order chi connectivity index (χ0) is 12.1. The Morgan fingerprint density at radius 2 is 2.31 bits per heavy atom. The summed E-state index contributed by atoms with van der Waals surface area (Å²) in [6.45, 7) is 4.18. The van der Waals surface area contributed by atoms with E-state index in [9.17, 15) is 4.79 Å². The number of nitrogens with one attached hydrogen (secondary N) is 1. The van der Waals surface area contributed by atoms with Crippen molar-refractivity contribution in [1.82, 2.24) is 4.98 Å². The van der Waals surface area contributed by atoms with Crippen molar-refractivity contribution in [2.75, 3.05) is 11.9 Å². The third kappa shape index (κ3) is 3.28. The Morgan fingerprint density at radius 3 is 2.81 bits per heavy atom. The first kappa shape index (κ1) is 13.1. The second kappa shape index (κ2) is 5.96. The van der Waals surface area contributed by atoms with Gasteiger partial charge in [-0.2, -0.15) is 0 Å². The Bertz CT molecular complexity index is 377. The lowest BCUT2D eigenvalue weighted by molar-refractivity contribution is -0.119. The Labute approximate surface area is 104 Å². The Balaban J connectivity index is 2.73. The van der Waals surface area contributed by atoms with Crippen LogP contribution in [0.2, 0.25) is 0 Å². The first-order valence-electron chi connectivity index (χ1n) is 5.22. The van der Waals surface area contributed by atoms with Crippen molar-refractivity contribution < 1.29 is 4.79 Å². The first-order chi connectivity index (χ1) is 7.58. The van der Waals surface area contributed by atoms with E-state index in [1.165, 1.54) is 0 Å². The fraction of sp³-hybridized carbons (Fsp3) is 0.455. The van der Waals surface area contributed by atoms with Crippen LogP contribution in [0.25, 0.3) is 0 Å².